The first-order chi connectivity index (χ1) is 7.88. The Kier molecular flexibility index (Phi) is 3.59. The van der Waals surface area contributed by atoms with Gasteiger partial charge in [-0.1, -0.05) is 23.8 Å². The molecule has 0 fully saturated rings. The van der Waals surface area contributed by atoms with Gasteiger partial charge >= 0.3 is 0 Å². The van der Waals surface area contributed by atoms with Crippen LogP contribution in [0.15, 0.2) is 47.8 Å². The molecule has 84 valence electrons. The van der Waals surface area contributed by atoms with Gasteiger partial charge in [0, 0.05) is 6.42 Å². The Labute approximate surface area is 94.7 Å². The molecular weight excluding hydrogens is 204 g/mol. The molecule has 0 spiro atoms. The van der Waals surface area contributed by atoms with Crippen LogP contribution in [0.3, 0.4) is 0 Å². The average Bonchev–Trinajstić information content (AvgIpc) is 2.31. The van der Waals surface area contributed by atoms with E-state index in [4.69, 9.17) is 9.47 Å². The van der Waals surface area contributed by atoms with Crippen LogP contribution >= 0.6 is 0 Å². The summed E-state index contributed by atoms with van der Waals surface area (Å²) in [7, 11) is 0. The van der Waals surface area contributed by atoms with Gasteiger partial charge in [0.15, 0.2) is 0 Å². The van der Waals surface area contributed by atoms with Gasteiger partial charge in [0.1, 0.15) is 30.3 Å². The molecule has 1 heterocycles. The van der Waals surface area contributed by atoms with Gasteiger partial charge in [0.25, 0.3) is 0 Å². The predicted molar refractivity (Wildman–Crippen MR) is 60.1 cm³/mol. The minimum Gasteiger partial charge on any atom is -0.466 e. The molecule has 0 aromatic carbocycles. The van der Waals surface area contributed by atoms with Crippen LogP contribution in [0.1, 0.15) is 25.7 Å². The first kappa shape index (κ1) is 10.7. The van der Waals surface area contributed by atoms with Crippen molar-refractivity contribution in [1.29, 1.82) is 0 Å². The van der Waals surface area contributed by atoms with E-state index in [0.29, 0.717) is 5.76 Å². The molecule has 0 amide bonds. The smallest absolute Gasteiger partial charge is 0.146 e. The Morgan fingerprint density at radius 2 is 2.19 bits per heavy atom. The van der Waals surface area contributed by atoms with Crippen LogP contribution in [-0.4, -0.2) is 6.29 Å². The summed E-state index contributed by atoms with van der Waals surface area (Å²) in [6.45, 7) is 0. The lowest BCUT2D eigenvalue weighted by atomic mass is 10.0. The Morgan fingerprint density at radius 3 is 2.94 bits per heavy atom. The zero-order chi connectivity index (χ0) is 11.2. The zero-order valence-electron chi connectivity index (χ0n) is 9.02. The van der Waals surface area contributed by atoms with Gasteiger partial charge in [0.05, 0.1) is 6.42 Å². The minimum atomic E-state index is 0.260. The van der Waals surface area contributed by atoms with Crippen molar-refractivity contribution in [2.45, 2.75) is 25.7 Å². The molecule has 0 bridgehead atoms. The number of carbonyl (C=O) groups is 1. The fourth-order valence-corrected chi connectivity index (χ4v) is 1.68. The van der Waals surface area contributed by atoms with Gasteiger partial charge < -0.3 is 14.3 Å². The van der Waals surface area contributed by atoms with Crippen LogP contribution in [0.2, 0.25) is 0 Å². The fraction of sp³-hybridized carbons (Fsp3) is 0.308. The summed E-state index contributed by atoms with van der Waals surface area (Å²) in [6.07, 6.45) is 13.3. The molecular formula is C13H14O3. The van der Waals surface area contributed by atoms with Crippen LogP contribution in [-0.2, 0) is 14.3 Å². The normalized spacial score (nSPS) is 18.9. The molecule has 0 aromatic heterocycles. The van der Waals surface area contributed by atoms with Gasteiger partial charge in [-0.2, -0.15) is 0 Å². The van der Waals surface area contributed by atoms with Crippen molar-refractivity contribution in [1.82, 2.24) is 0 Å². The first-order valence-electron chi connectivity index (χ1n) is 5.38. The third-order valence-corrected chi connectivity index (χ3v) is 2.45. The largest absolute Gasteiger partial charge is 0.466 e. The molecule has 2 rings (SSSR count). The monoisotopic (exact) mass is 218 g/mol. The molecule has 0 saturated carbocycles. The Balaban J connectivity index is 1.91. The van der Waals surface area contributed by atoms with E-state index in [1.54, 1.807) is 6.26 Å². The lowest BCUT2D eigenvalue weighted by Crippen LogP contribution is -2.02. The summed E-state index contributed by atoms with van der Waals surface area (Å²) < 4.78 is 10.7. The Hall–Kier alpha value is -1.77. The molecule has 1 aliphatic heterocycles. The summed E-state index contributed by atoms with van der Waals surface area (Å²) in [5, 5.41) is 0. The second-order valence-corrected chi connectivity index (χ2v) is 3.75. The number of ether oxygens (including phenoxy) is 2. The van der Waals surface area contributed by atoms with E-state index in [0.717, 1.165) is 31.3 Å². The number of allylic oxidation sites excluding steroid dienone is 5. The van der Waals surface area contributed by atoms with Gasteiger partial charge in [-0.05, 0) is 12.8 Å². The molecule has 2 aliphatic rings. The molecule has 0 saturated heterocycles. The molecule has 3 heteroatoms. The van der Waals surface area contributed by atoms with E-state index in [1.165, 1.54) is 11.8 Å². The van der Waals surface area contributed by atoms with Gasteiger partial charge in [-0.15, -0.1) is 0 Å². The highest BCUT2D eigenvalue weighted by molar-refractivity contribution is 5.53. The molecule has 3 nitrogen and oxygen atoms in total. The van der Waals surface area contributed by atoms with Gasteiger partial charge in [-0.25, -0.2) is 0 Å². The van der Waals surface area contributed by atoms with Crippen LogP contribution in [0.25, 0.3) is 0 Å². The van der Waals surface area contributed by atoms with Crippen LogP contribution in [0.5, 0.6) is 0 Å². The maximum Gasteiger partial charge on any atom is 0.146 e. The van der Waals surface area contributed by atoms with E-state index in [-0.39, 0.29) is 6.42 Å². The Bertz CT molecular complexity index is 386. The second kappa shape index (κ2) is 5.35. The highest BCUT2D eigenvalue weighted by atomic mass is 16.5. The van der Waals surface area contributed by atoms with Crippen molar-refractivity contribution in [3.63, 3.8) is 0 Å². The van der Waals surface area contributed by atoms with Crippen molar-refractivity contribution >= 4 is 6.29 Å². The third kappa shape index (κ3) is 2.86. The molecule has 0 atom stereocenters. The topological polar surface area (TPSA) is 35.5 Å². The minimum absolute atomic E-state index is 0.260. The number of rotatable bonds is 4. The SMILES string of the molecule is O=CCC1=COC=C(CC2=CC=CCC2)O1. The maximum atomic E-state index is 10.4. The van der Waals surface area contributed by atoms with E-state index >= 15 is 0 Å². The van der Waals surface area contributed by atoms with Crippen LogP contribution < -0.4 is 0 Å². The number of hydrogen-bond acceptors (Lipinski definition) is 3. The summed E-state index contributed by atoms with van der Waals surface area (Å²) in [6, 6.07) is 0. The fourth-order valence-electron chi connectivity index (χ4n) is 1.68. The molecule has 0 aromatic rings. The van der Waals surface area contributed by atoms with E-state index in [1.807, 2.05) is 0 Å². The summed E-state index contributed by atoms with van der Waals surface area (Å²) in [5.41, 5.74) is 1.32. The quantitative estimate of drug-likeness (QED) is 0.680. The molecule has 16 heavy (non-hydrogen) atoms. The molecule has 0 unspecified atom stereocenters. The average molecular weight is 218 g/mol. The zero-order valence-corrected chi connectivity index (χ0v) is 9.02. The lowest BCUT2D eigenvalue weighted by Gasteiger charge is -2.17. The molecule has 0 radical (unpaired) electrons. The van der Waals surface area contributed by atoms with Crippen molar-refractivity contribution in [3.8, 4) is 0 Å². The van der Waals surface area contributed by atoms with Crippen molar-refractivity contribution in [3.05, 3.63) is 47.8 Å². The maximum absolute atomic E-state index is 10.4. The van der Waals surface area contributed by atoms with Crippen molar-refractivity contribution in [2.75, 3.05) is 0 Å². The Morgan fingerprint density at radius 1 is 1.31 bits per heavy atom. The van der Waals surface area contributed by atoms with Crippen molar-refractivity contribution in [2.24, 2.45) is 0 Å². The lowest BCUT2D eigenvalue weighted by molar-refractivity contribution is -0.107. The number of aldehydes is 1. The first-order valence-corrected chi connectivity index (χ1v) is 5.38. The third-order valence-electron chi connectivity index (χ3n) is 2.45. The number of hydrogen-bond donors (Lipinski definition) is 0. The van der Waals surface area contributed by atoms with E-state index in [2.05, 4.69) is 18.2 Å². The second-order valence-electron chi connectivity index (χ2n) is 3.75. The highest BCUT2D eigenvalue weighted by Crippen LogP contribution is 2.24. The number of carbonyl (C=O) groups excluding carboxylic acids is 1. The summed E-state index contributed by atoms with van der Waals surface area (Å²) in [4.78, 5) is 10.4. The highest BCUT2D eigenvalue weighted by Gasteiger charge is 2.11. The summed E-state index contributed by atoms with van der Waals surface area (Å²) in [5.74, 6) is 1.33. The van der Waals surface area contributed by atoms with Crippen LogP contribution in [0.4, 0.5) is 0 Å². The van der Waals surface area contributed by atoms with Crippen molar-refractivity contribution < 1.29 is 14.3 Å². The molecule has 1 aliphatic carbocycles. The van der Waals surface area contributed by atoms with E-state index in [9.17, 15) is 4.79 Å². The predicted octanol–water partition coefficient (Wildman–Crippen LogP) is 2.97. The van der Waals surface area contributed by atoms with Gasteiger partial charge in [-0.3, -0.25) is 0 Å². The summed E-state index contributed by atoms with van der Waals surface area (Å²) >= 11 is 0. The van der Waals surface area contributed by atoms with Crippen LogP contribution in [0, 0.1) is 0 Å². The van der Waals surface area contributed by atoms with Gasteiger partial charge in [0.2, 0.25) is 0 Å². The standard InChI is InChI=1S/C13H14O3/c14-7-6-12-9-15-10-13(16-12)8-11-4-2-1-3-5-11/h1-2,4,7,9-10H,3,5-6,8H2. The van der Waals surface area contributed by atoms with E-state index < -0.39 is 0 Å². The molecule has 0 N–H and O–H groups in total.